The lowest BCUT2D eigenvalue weighted by molar-refractivity contribution is -0.190. The number of rotatable bonds is 17. The van der Waals surface area contributed by atoms with E-state index in [-0.39, 0.29) is 178 Å². The number of esters is 4. The van der Waals surface area contributed by atoms with E-state index < -0.39 is 52.8 Å². The number of nitrogens with one attached hydrogen (secondary N) is 2. The number of phenols is 3. The van der Waals surface area contributed by atoms with Crippen LogP contribution in [0.15, 0.2) is 92.2 Å². The van der Waals surface area contributed by atoms with Crippen LogP contribution >= 0.6 is 11.8 Å². The minimum atomic E-state index is -1.84. The number of aromatic nitrogens is 5. The third-order valence-corrected chi connectivity index (χ3v) is 25.2. The van der Waals surface area contributed by atoms with E-state index in [2.05, 4.69) is 17.6 Å². The molecule has 0 saturated carbocycles. The highest BCUT2D eigenvalue weighted by Gasteiger charge is 2.54. The third kappa shape index (κ3) is 14.1. The summed E-state index contributed by atoms with van der Waals surface area (Å²) in [5.41, 5.74) is 5.91. The molecule has 8 aliphatic rings. The summed E-state index contributed by atoms with van der Waals surface area (Å²) in [6, 6.07) is 18.4. The number of hydrogen-bond donors (Lipinski definition) is 5. The van der Waals surface area contributed by atoms with Crippen LogP contribution < -0.4 is 37.9 Å². The Balaban J connectivity index is 0.000000152. The first-order chi connectivity index (χ1) is 55.6. The van der Waals surface area contributed by atoms with Gasteiger partial charge in [-0.1, -0.05) is 75.3 Å². The molecule has 2 aliphatic carbocycles. The number of benzene rings is 3. The number of carbonyl (C=O) groups is 9. The number of phenolic OH excluding ortho intramolecular Hbond substituents is 3. The molecule has 1 saturated heterocycles. The Morgan fingerprint density at radius 1 is 0.598 bits per heavy atom. The number of aromatic hydroxyl groups is 3. The number of Topliss-reactive ketones (excluding diaryl/α,β-unsaturated/α-hetero) is 2. The molecular formula is C88H97N9O19S. The number of thioether (sulfide) groups is 1. The number of cyclic esters (lactones) is 1. The number of ether oxygens (including phenoxy) is 4. The standard InChI is InChI=1S/C31H35N3O6S.C28H29N3O7.C28H29N3O6.CH4/c1-4-18-20-13-17(35)7-9-23(20)32-28-21(18)15-33-25(28)14-22-19(29(33)38)8-10-26(36)31(22,6-3)40-30(39)24-11-12-41-16-34(24)27(37)5-2;1-5-16-17-10-15(32)8-9-21(17)30-24-18(16)12-31-22(24)11-20-19(25(31)34)13-37-27(36)28(20,7-3)38-26(35)14(4)29-23(33)6-2;1-4-16-18-11-15(32)7-9-21(18)30-26-19(16)14-31-22(26)12-20-17(27(31)36)8-10-23(33)28(20,6-3)37-25(35)13-29-24(34)5-2;/h7,9,13-14,21,24,28,35H,4-6,8,10-12,15-16H2,1-3H3;8-11,14,32H,5-7,12-13H2,1-4H3,(H,29,33);7,9,11-12,32H,4-6,8,10,13-14H2,1-3H3,(H,29,34);1H4/t21?,24?,28?,31-;14-,28-;28-;/m000./s1. The molecule has 3 amide bonds. The Labute approximate surface area is 678 Å². The van der Waals surface area contributed by atoms with Gasteiger partial charge >= 0.3 is 23.9 Å². The quantitative estimate of drug-likeness (QED) is 0.0419. The molecule has 3 unspecified atom stereocenters. The zero-order valence-corrected chi connectivity index (χ0v) is 67.3. The van der Waals surface area contributed by atoms with Crippen LogP contribution in [-0.2, 0) is 131 Å². The fraction of sp³-hybridized carbons (Fsp3) is 0.443. The van der Waals surface area contributed by atoms with Gasteiger partial charge in [0.2, 0.25) is 23.3 Å². The van der Waals surface area contributed by atoms with Gasteiger partial charge in [-0.25, -0.2) is 24.4 Å². The van der Waals surface area contributed by atoms with Crippen LogP contribution in [-0.4, -0.2) is 127 Å². The lowest BCUT2D eigenvalue weighted by atomic mass is 9.76. The average Bonchev–Trinajstić information content (AvgIpc) is 1.63. The molecule has 16 rings (SSSR count). The second kappa shape index (κ2) is 32.8. The first kappa shape index (κ1) is 83.3. The van der Waals surface area contributed by atoms with Gasteiger partial charge in [0.25, 0.3) is 16.7 Å². The molecule has 29 heteroatoms. The van der Waals surface area contributed by atoms with Gasteiger partial charge in [0.15, 0.2) is 22.8 Å². The lowest BCUT2D eigenvalue weighted by Crippen LogP contribution is -2.53. The van der Waals surface area contributed by atoms with E-state index in [1.165, 1.54) is 6.92 Å². The normalized spacial score (nSPS) is 20.8. The zero-order chi connectivity index (χ0) is 82.9. The summed E-state index contributed by atoms with van der Waals surface area (Å²) in [5.74, 6) is -2.63. The van der Waals surface area contributed by atoms with Crippen molar-refractivity contribution in [3.63, 3.8) is 0 Å². The maximum absolute atomic E-state index is 14.0. The molecule has 11 heterocycles. The average molecular weight is 1620 g/mol. The summed E-state index contributed by atoms with van der Waals surface area (Å²) in [7, 11) is 0. The van der Waals surface area contributed by atoms with Crippen molar-refractivity contribution < 1.29 is 77.4 Å². The minimum Gasteiger partial charge on any atom is -0.508 e. The highest BCUT2D eigenvalue weighted by molar-refractivity contribution is 7.99. The van der Waals surface area contributed by atoms with E-state index in [4.69, 9.17) is 33.9 Å². The molecule has 28 nitrogen and oxygen atoms in total. The number of fused-ring (bicyclic) bond motifs is 15. The Bertz CT molecular complexity index is 5890. The van der Waals surface area contributed by atoms with Crippen LogP contribution in [0.4, 0.5) is 0 Å². The minimum absolute atomic E-state index is 0. The van der Waals surface area contributed by atoms with Crippen molar-refractivity contribution in [3.8, 4) is 40.0 Å². The van der Waals surface area contributed by atoms with Gasteiger partial charge in [-0.05, 0) is 154 Å². The molecule has 5 aromatic heterocycles. The van der Waals surface area contributed by atoms with Gasteiger partial charge in [0, 0.05) is 105 Å². The van der Waals surface area contributed by atoms with Crippen LogP contribution in [0.25, 0.3) is 50.2 Å². The molecule has 7 atom stereocenters. The summed E-state index contributed by atoms with van der Waals surface area (Å²) >= 11 is 1.59. The molecule has 6 aliphatic heterocycles. The molecule has 0 spiro atoms. The molecule has 117 heavy (non-hydrogen) atoms. The van der Waals surface area contributed by atoms with Gasteiger partial charge in [-0.15, -0.1) is 11.8 Å². The predicted molar refractivity (Wildman–Crippen MR) is 434 cm³/mol. The van der Waals surface area contributed by atoms with Gasteiger partial charge in [0.05, 0.1) is 69.7 Å². The summed E-state index contributed by atoms with van der Waals surface area (Å²) in [6.07, 6.45) is 4.35. The largest absolute Gasteiger partial charge is 0.508 e. The maximum atomic E-state index is 14.0. The fourth-order valence-electron chi connectivity index (χ4n) is 18.1. The highest BCUT2D eigenvalue weighted by Crippen LogP contribution is 2.48. The second-order valence-electron chi connectivity index (χ2n) is 30.3. The van der Waals surface area contributed by atoms with Gasteiger partial charge in [-0.3, -0.25) is 48.1 Å². The summed E-state index contributed by atoms with van der Waals surface area (Å²) in [6.45, 7) is 18.4. The van der Waals surface area contributed by atoms with Crippen LogP contribution in [0.2, 0.25) is 0 Å². The molecule has 0 bridgehead atoms. The van der Waals surface area contributed by atoms with E-state index in [0.29, 0.717) is 106 Å². The summed E-state index contributed by atoms with van der Waals surface area (Å²) in [4.78, 5) is 173. The van der Waals surface area contributed by atoms with E-state index in [0.717, 1.165) is 55.6 Å². The second-order valence-corrected chi connectivity index (χ2v) is 31.4. The van der Waals surface area contributed by atoms with Crippen LogP contribution in [0.5, 0.6) is 17.2 Å². The van der Waals surface area contributed by atoms with Crippen molar-refractivity contribution in [1.29, 1.82) is 0 Å². The number of hydrogen-bond acceptors (Lipinski definition) is 23. The number of carbonyl (C=O) groups excluding carboxylic acids is 9. The smallest absolute Gasteiger partial charge is 0.355 e. The number of nitrogens with zero attached hydrogens (tertiary/aromatic N) is 7. The summed E-state index contributed by atoms with van der Waals surface area (Å²) < 4.78 is 28.2. The first-order valence-electron chi connectivity index (χ1n) is 40.0. The molecule has 0 radical (unpaired) electrons. The summed E-state index contributed by atoms with van der Waals surface area (Å²) in [5, 5.41) is 38.6. The van der Waals surface area contributed by atoms with Gasteiger partial charge < -0.3 is 63.5 Å². The van der Waals surface area contributed by atoms with Crippen LogP contribution in [0.3, 0.4) is 0 Å². The van der Waals surface area contributed by atoms with Crippen LogP contribution in [0, 0.1) is 5.92 Å². The number of ketones is 2. The van der Waals surface area contributed by atoms with Crippen molar-refractivity contribution in [2.24, 2.45) is 10.9 Å². The number of pyridine rings is 5. The maximum Gasteiger partial charge on any atom is 0.355 e. The fourth-order valence-corrected chi connectivity index (χ4v) is 19.1. The Morgan fingerprint density at radius 3 is 1.68 bits per heavy atom. The predicted octanol–water partition coefficient (Wildman–Crippen LogP) is 8.82. The van der Waals surface area contributed by atoms with Gasteiger partial charge in [0.1, 0.15) is 42.5 Å². The highest BCUT2D eigenvalue weighted by atomic mass is 32.2. The molecule has 614 valence electrons. The third-order valence-electron chi connectivity index (χ3n) is 24.2. The van der Waals surface area contributed by atoms with E-state index >= 15 is 0 Å². The van der Waals surface area contributed by atoms with Crippen molar-refractivity contribution in [1.82, 2.24) is 39.2 Å². The van der Waals surface area contributed by atoms with Crippen LogP contribution in [0.1, 0.15) is 208 Å². The van der Waals surface area contributed by atoms with Gasteiger partial charge in [-0.2, -0.15) is 0 Å². The Morgan fingerprint density at radius 2 is 1.13 bits per heavy atom. The topological polar surface area (TPSA) is 383 Å². The van der Waals surface area contributed by atoms with E-state index in [1.54, 1.807) is 139 Å². The van der Waals surface area contributed by atoms with E-state index in [9.17, 15) is 72.9 Å². The van der Waals surface area contributed by atoms with E-state index in [1.807, 2.05) is 19.9 Å². The molecule has 5 N–H and O–H groups in total. The van der Waals surface area contributed by atoms with Crippen molar-refractivity contribution in [2.45, 2.75) is 228 Å². The molecular weight excluding hydrogens is 1520 g/mol. The monoisotopic (exact) mass is 1620 g/mol. The van der Waals surface area contributed by atoms with Crippen molar-refractivity contribution >= 4 is 92.3 Å². The molecule has 8 aromatic rings. The lowest BCUT2D eigenvalue weighted by Gasteiger charge is -2.40. The van der Waals surface area contributed by atoms with Crippen molar-refractivity contribution in [2.75, 3.05) is 18.2 Å². The Kier molecular flexibility index (Phi) is 23.4. The SMILES string of the molecule is C.CCC(=O)N1CSCCC1C(=O)O[C@]1(CC)C(=O)CCc2c1cc1n(c2=O)CC2C(CC)=c3cc(O)ccc3=NC12.CCC(=O)NCC(=O)O[C@]1(CC)C(=O)CCc2c1cc1n(c2=O)Cc2c-1nc1ccc(O)cc1c2CC.CCC(=O)N[C@@H](C)C(=O)O[C@]1(CC)C(=O)OCc2c1cc1n(c2=O)Cc2c-1nc1ccc(O)cc1c2CC. The molecule has 3 aromatic carbocycles. The molecule has 1 fully saturated rings. The number of aryl methyl sites for hydroxylation is 2. The Hall–Kier alpha value is -11.6. The first-order valence-corrected chi connectivity index (χ1v) is 41.1. The number of amides is 3. The zero-order valence-electron chi connectivity index (χ0n) is 66.5. The van der Waals surface area contributed by atoms with Crippen molar-refractivity contribution in [3.05, 3.63) is 176 Å².